The highest BCUT2D eigenvalue weighted by molar-refractivity contribution is 5.77. The molecule has 25 heavy (non-hydrogen) atoms. The molecule has 2 aliphatic heterocycles. The topological polar surface area (TPSA) is 61.4 Å². The Balaban J connectivity index is 1.61. The van der Waals surface area contributed by atoms with Crippen molar-refractivity contribution in [2.75, 3.05) is 13.6 Å². The molecule has 2 saturated heterocycles. The van der Waals surface area contributed by atoms with E-state index in [-0.39, 0.29) is 23.3 Å². The predicted octanol–water partition coefficient (Wildman–Crippen LogP) is 2.70. The summed E-state index contributed by atoms with van der Waals surface area (Å²) >= 11 is 0. The van der Waals surface area contributed by atoms with Crippen molar-refractivity contribution in [3.63, 3.8) is 0 Å². The second-order valence-electron chi connectivity index (χ2n) is 9.44. The van der Waals surface area contributed by atoms with Gasteiger partial charge in [0, 0.05) is 37.5 Å². The molecular weight excluding hydrogens is 314 g/mol. The summed E-state index contributed by atoms with van der Waals surface area (Å²) in [7, 11) is 2.23. The molecule has 5 heteroatoms. The van der Waals surface area contributed by atoms with Gasteiger partial charge < -0.3 is 15.5 Å². The molecule has 0 aromatic rings. The van der Waals surface area contributed by atoms with Crippen LogP contribution in [0.25, 0.3) is 0 Å². The van der Waals surface area contributed by atoms with E-state index in [4.69, 9.17) is 0 Å². The Bertz CT molecular complexity index is 458. The van der Waals surface area contributed by atoms with Gasteiger partial charge >= 0.3 is 0 Å². The summed E-state index contributed by atoms with van der Waals surface area (Å²) in [6, 6.07) is 1.48. The van der Waals surface area contributed by atoms with Gasteiger partial charge in [0.2, 0.25) is 11.8 Å². The van der Waals surface area contributed by atoms with E-state index < -0.39 is 0 Å². The smallest absolute Gasteiger partial charge is 0.220 e. The highest BCUT2D eigenvalue weighted by atomic mass is 16.2. The van der Waals surface area contributed by atoms with Gasteiger partial charge in [-0.25, -0.2) is 0 Å². The highest BCUT2D eigenvalue weighted by Crippen LogP contribution is 2.38. The van der Waals surface area contributed by atoms with Crippen LogP contribution in [0.2, 0.25) is 0 Å². The molecule has 3 atom stereocenters. The standard InChI is InChI=1S/C20H37N3O2/c1-14(8-9-21-19(25)13-20(2,3)4)22-18(24)12-15-10-16-6-7-17(11-15)23(16)5/h14-17H,6-13H2,1-5H3,(H,21,25)(H,22,24)/t14-,15?,16?,17?/m0/s1. The van der Waals surface area contributed by atoms with Crippen molar-refractivity contribution in [2.45, 2.75) is 90.8 Å². The molecule has 5 nitrogen and oxygen atoms in total. The van der Waals surface area contributed by atoms with Crippen LogP contribution in [0, 0.1) is 11.3 Å². The Kier molecular flexibility index (Phi) is 6.89. The third-order valence-electron chi connectivity index (χ3n) is 5.67. The first-order valence-electron chi connectivity index (χ1n) is 9.92. The molecule has 2 unspecified atom stereocenters. The Labute approximate surface area is 153 Å². The van der Waals surface area contributed by atoms with Gasteiger partial charge in [-0.05, 0) is 57.4 Å². The fourth-order valence-electron chi connectivity index (χ4n) is 4.33. The molecule has 0 aliphatic carbocycles. The molecule has 2 aliphatic rings. The zero-order valence-electron chi connectivity index (χ0n) is 16.7. The van der Waals surface area contributed by atoms with E-state index >= 15 is 0 Å². The normalized spacial score (nSPS) is 27.8. The van der Waals surface area contributed by atoms with E-state index in [0.717, 1.165) is 19.3 Å². The maximum absolute atomic E-state index is 12.3. The highest BCUT2D eigenvalue weighted by Gasteiger charge is 2.38. The number of amides is 2. The van der Waals surface area contributed by atoms with Gasteiger partial charge in [-0.1, -0.05) is 20.8 Å². The summed E-state index contributed by atoms with van der Waals surface area (Å²) in [4.78, 5) is 26.6. The third-order valence-corrected chi connectivity index (χ3v) is 5.67. The van der Waals surface area contributed by atoms with Crippen LogP contribution in [0.4, 0.5) is 0 Å². The monoisotopic (exact) mass is 351 g/mol. The summed E-state index contributed by atoms with van der Waals surface area (Å²) in [5.74, 6) is 0.794. The molecule has 2 N–H and O–H groups in total. The van der Waals surface area contributed by atoms with Gasteiger partial charge in [-0.3, -0.25) is 9.59 Å². The lowest BCUT2D eigenvalue weighted by molar-refractivity contribution is -0.123. The number of hydrogen-bond acceptors (Lipinski definition) is 3. The minimum atomic E-state index is 0.0113. The van der Waals surface area contributed by atoms with Crippen molar-refractivity contribution in [3.05, 3.63) is 0 Å². The fourth-order valence-corrected chi connectivity index (χ4v) is 4.33. The lowest BCUT2D eigenvalue weighted by Gasteiger charge is -2.36. The van der Waals surface area contributed by atoms with Gasteiger partial charge in [0.15, 0.2) is 0 Å². The van der Waals surface area contributed by atoms with Gasteiger partial charge in [-0.15, -0.1) is 0 Å². The van der Waals surface area contributed by atoms with Crippen LogP contribution in [-0.2, 0) is 9.59 Å². The number of nitrogens with zero attached hydrogens (tertiary/aromatic N) is 1. The molecule has 144 valence electrons. The summed E-state index contributed by atoms with van der Waals surface area (Å²) in [6.45, 7) is 8.82. The summed E-state index contributed by atoms with van der Waals surface area (Å²) in [6.07, 6.45) is 6.89. The zero-order chi connectivity index (χ0) is 18.6. The first-order valence-corrected chi connectivity index (χ1v) is 9.92. The van der Waals surface area contributed by atoms with Crippen LogP contribution in [0.1, 0.15) is 72.6 Å². The van der Waals surface area contributed by atoms with E-state index in [2.05, 4.69) is 43.4 Å². The quantitative estimate of drug-likeness (QED) is 0.741. The van der Waals surface area contributed by atoms with Crippen LogP contribution in [0.15, 0.2) is 0 Å². The molecule has 2 heterocycles. The maximum Gasteiger partial charge on any atom is 0.220 e. The number of carbonyl (C=O) groups is 2. The van der Waals surface area contributed by atoms with Crippen LogP contribution in [0.5, 0.6) is 0 Å². The second-order valence-corrected chi connectivity index (χ2v) is 9.44. The molecule has 0 spiro atoms. The number of carbonyl (C=O) groups excluding carboxylic acids is 2. The third kappa shape index (κ3) is 6.61. The van der Waals surface area contributed by atoms with Gasteiger partial charge in [0.25, 0.3) is 0 Å². The molecule has 2 bridgehead atoms. The molecule has 2 fully saturated rings. The second kappa shape index (κ2) is 8.52. The van der Waals surface area contributed by atoms with Crippen molar-refractivity contribution in [3.8, 4) is 0 Å². The van der Waals surface area contributed by atoms with E-state index in [0.29, 0.717) is 37.4 Å². The molecule has 0 radical (unpaired) electrons. The average molecular weight is 352 g/mol. The minimum absolute atomic E-state index is 0.0113. The molecule has 2 amide bonds. The van der Waals surface area contributed by atoms with Crippen LogP contribution < -0.4 is 10.6 Å². The molecule has 0 aromatic carbocycles. The van der Waals surface area contributed by atoms with Crippen molar-refractivity contribution >= 4 is 11.8 Å². The largest absolute Gasteiger partial charge is 0.356 e. The maximum atomic E-state index is 12.3. The number of rotatable bonds is 7. The van der Waals surface area contributed by atoms with Gasteiger partial charge in [0.1, 0.15) is 0 Å². The van der Waals surface area contributed by atoms with Crippen LogP contribution >= 0.6 is 0 Å². The van der Waals surface area contributed by atoms with Crippen molar-refractivity contribution in [1.29, 1.82) is 0 Å². The van der Waals surface area contributed by atoms with Gasteiger partial charge in [0.05, 0.1) is 0 Å². The molecule has 0 aromatic heterocycles. The summed E-state index contributed by atoms with van der Waals surface area (Å²) in [5.41, 5.74) is 0.0113. The van der Waals surface area contributed by atoms with E-state index in [1.54, 1.807) is 0 Å². The number of fused-ring (bicyclic) bond motifs is 2. The SMILES string of the molecule is C[C@@H](CCNC(=O)CC(C)(C)C)NC(=O)CC1CC2CCC(C1)N2C. The van der Waals surface area contributed by atoms with E-state index in [1.165, 1.54) is 12.8 Å². The Hall–Kier alpha value is -1.10. The number of hydrogen-bond donors (Lipinski definition) is 2. The molecule has 2 rings (SSSR count). The Morgan fingerprint density at radius 2 is 1.72 bits per heavy atom. The average Bonchev–Trinajstić information content (AvgIpc) is 2.68. The Morgan fingerprint density at radius 1 is 1.12 bits per heavy atom. The van der Waals surface area contributed by atoms with Crippen LogP contribution in [-0.4, -0.2) is 48.4 Å². The van der Waals surface area contributed by atoms with E-state index in [9.17, 15) is 9.59 Å². The lowest BCUT2D eigenvalue weighted by atomic mass is 9.88. The van der Waals surface area contributed by atoms with Gasteiger partial charge in [-0.2, -0.15) is 0 Å². The first-order chi connectivity index (χ1) is 11.6. The zero-order valence-corrected chi connectivity index (χ0v) is 16.7. The molecule has 0 saturated carbocycles. The first kappa shape index (κ1) is 20.2. The predicted molar refractivity (Wildman–Crippen MR) is 101 cm³/mol. The lowest BCUT2D eigenvalue weighted by Crippen LogP contribution is -2.42. The minimum Gasteiger partial charge on any atom is -0.356 e. The van der Waals surface area contributed by atoms with Crippen LogP contribution in [0.3, 0.4) is 0 Å². The van der Waals surface area contributed by atoms with E-state index in [1.807, 2.05) is 6.92 Å². The summed E-state index contributed by atoms with van der Waals surface area (Å²) < 4.78 is 0. The van der Waals surface area contributed by atoms with Crippen molar-refractivity contribution in [2.24, 2.45) is 11.3 Å². The van der Waals surface area contributed by atoms with Crippen molar-refractivity contribution < 1.29 is 9.59 Å². The number of piperidine rings is 1. The summed E-state index contributed by atoms with van der Waals surface area (Å²) in [5, 5.41) is 6.06. The Morgan fingerprint density at radius 3 is 2.28 bits per heavy atom. The molecular formula is C20H37N3O2. The number of nitrogens with one attached hydrogen (secondary N) is 2. The fraction of sp³-hybridized carbons (Fsp3) is 0.900. The van der Waals surface area contributed by atoms with Crippen molar-refractivity contribution in [1.82, 2.24) is 15.5 Å².